The first-order valence-corrected chi connectivity index (χ1v) is 12.6. The van der Waals surface area contributed by atoms with Gasteiger partial charge in [0, 0.05) is 19.0 Å². The fourth-order valence-corrected chi connectivity index (χ4v) is 5.47. The molecule has 3 fully saturated rings. The number of carbonyl (C=O) groups is 1. The number of hydrogen-bond donors (Lipinski definition) is 0. The van der Waals surface area contributed by atoms with Crippen molar-refractivity contribution >= 4 is 13.2 Å². The highest BCUT2D eigenvalue weighted by Gasteiger charge is 2.59. The van der Waals surface area contributed by atoms with Crippen molar-refractivity contribution in [1.29, 1.82) is 0 Å². The molecule has 1 amide bonds. The predicted octanol–water partition coefficient (Wildman–Crippen LogP) is 5.42. The molecule has 2 bridgehead atoms. The summed E-state index contributed by atoms with van der Waals surface area (Å²) >= 11 is 0. The minimum absolute atomic E-state index is 0.0156. The molecule has 3 saturated heterocycles. The summed E-state index contributed by atoms with van der Waals surface area (Å²) < 4.78 is 34.3. The van der Waals surface area contributed by atoms with Crippen molar-refractivity contribution in [3.8, 4) is 0 Å². The summed E-state index contributed by atoms with van der Waals surface area (Å²) in [5, 5.41) is 0. The van der Waals surface area contributed by atoms with Crippen LogP contribution in [0.1, 0.15) is 73.3 Å². The Morgan fingerprint density at radius 1 is 1.15 bits per heavy atom. The number of fused-ring (bicyclic) bond motifs is 2. The van der Waals surface area contributed by atoms with Gasteiger partial charge in [-0.2, -0.15) is 0 Å². The molecule has 3 aliphatic rings. The van der Waals surface area contributed by atoms with Crippen LogP contribution < -0.4 is 0 Å². The number of amides is 1. The minimum Gasteiger partial charge on any atom is -0.444 e. The molecule has 8 heteroatoms. The van der Waals surface area contributed by atoms with Crippen LogP contribution >= 0.6 is 0 Å². The molecule has 3 aliphatic heterocycles. The summed E-state index contributed by atoms with van der Waals surface area (Å²) in [6.07, 6.45) is 1.81. The van der Waals surface area contributed by atoms with E-state index >= 15 is 4.39 Å². The van der Waals surface area contributed by atoms with E-state index in [1.165, 1.54) is 4.90 Å². The summed E-state index contributed by atoms with van der Waals surface area (Å²) in [5.74, 6) is -1.72. The van der Waals surface area contributed by atoms with Gasteiger partial charge in [0.1, 0.15) is 5.60 Å². The zero-order valence-electron chi connectivity index (χ0n) is 21.8. The third kappa shape index (κ3) is 5.00. The summed E-state index contributed by atoms with van der Waals surface area (Å²) in [4.78, 5) is 16.7. The topological polar surface area (TPSA) is 51.2 Å². The molecule has 6 nitrogen and oxygen atoms in total. The molecule has 0 N–H and O–H groups in total. The van der Waals surface area contributed by atoms with E-state index in [2.05, 4.69) is 17.0 Å². The Labute approximate surface area is 204 Å². The molecule has 0 unspecified atom stereocenters. The molecule has 188 valence electrons. The predicted molar refractivity (Wildman–Crippen MR) is 131 cm³/mol. The highest BCUT2D eigenvalue weighted by atomic mass is 19.1. The number of nitrogens with zero attached hydrogens (tertiary/aromatic N) is 2. The first kappa shape index (κ1) is 25.5. The van der Waals surface area contributed by atoms with Gasteiger partial charge >= 0.3 is 13.2 Å². The van der Waals surface area contributed by atoms with Crippen LogP contribution in [0.5, 0.6) is 0 Å². The highest BCUT2D eigenvalue weighted by molar-refractivity contribution is 6.45. The fourth-order valence-electron chi connectivity index (χ4n) is 5.47. The standard InChI is InChI=1S/C26H40BFN2O4/c1-23(2,3)32-22(31)30-21-13-15-26(30,28)18-29(17-19-11-9-8-10-12-19)20(21)14-16-27-33-24(4,5)25(6,7)34-27/h8-12,20-21H,13-18H2,1-7H3/t20-,21+,26-/m1/s1. The van der Waals surface area contributed by atoms with Crippen molar-refractivity contribution in [3.63, 3.8) is 0 Å². The molecule has 0 saturated carbocycles. The third-order valence-corrected chi connectivity index (χ3v) is 7.76. The number of benzene rings is 1. The summed E-state index contributed by atoms with van der Waals surface area (Å²) in [7, 11) is -0.322. The van der Waals surface area contributed by atoms with E-state index in [9.17, 15) is 4.79 Å². The summed E-state index contributed by atoms with van der Waals surface area (Å²) in [5.41, 5.74) is -0.320. The van der Waals surface area contributed by atoms with Crippen molar-refractivity contribution < 1.29 is 23.2 Å². The van der Waals surface area contributed by atoms with Gasteiger partial charge in [0.15, 0.2) is 0 Å². The van der Waals surface area contributed by atoms with E-state index < -0.39 is 28.7 Å². The molecule has 1 aromatic carbocycles. The first-order chi connectivity index (χ1) is 15.7. The SMILES string of the molecule is CC(C)(C)OC(=O)N1[C@H]2CC[C@]1(F)CN(Cc1ccccc1)[C@@H]2CCB1OC(C)(C)C(C)(C)O1. The van der Waals surface area contributed by atoms with Crippen LogP contribution in [-0.4, -0.2) is 64.2 Å². The van der Waals surface area contributed by atoms with E-state index in [0.717, 1.165) is 12.0 Å². The Balaban J connectivity index is 1.56. The van der Waals surface area contributed by atoms with Gasteiger partial charge in [0.05, 0.1) is 23.8 Å². The van der Waals surface area contributed by atoms with Gasteiger partial charge in [-0.3, -0.25) is 9.80 Å². The number of rotatable bonds is 5. The molecule has 0 aromatic heterocycles. The fraction of sp³-hybridized carbons (Fsp3) is 0.731. The zero-order valence-corrected chi connectivity index (χ0v) is 21.8. The molecular weight excluding hydrogens is 434 g/mol. The van der Waals surface area contributed by atoms with E-state index in [-0.39, 0.29) is 25.7 Å². The van der Waals surface area contributed by atoms with Gasteiger partial charge in [-0.25, -0.2) is 9.18 Å². The van der Waals surface area contributed by atoms with Gasteiger partial charge in [0.25, 0.3) is 0 Å². The van der Waals surface area contributed by atoms with Crippen LogP contribution in [-0.2, 0) is 20.6 Å². The second-order valence-electron chi connectivity index (χ2n) is 12.1. The largest absolute Gasteiger partial charge is 0.457 e. The Hall–Kier alpha value is -1.64. The molecule has 3 heterocycles. The maximum Gasteiger partial charge on any atom is 0.457 e. The number of likely N-dealkylation sites (tertiary alicyclic amines) is 1. The average molecular weight is 474 g/mol. The molecule has 0 spiro atoms. The van der Waals surface area contributed by atoms with Crippen LogP contribution in [0, 0.1) is 0 Å². The monoisotopic (exact) mass is 474 g/mol. The lowest BCUT2D eigenvalue weighted by Gasteiger charge is -2.49. The average Bonchev–Trinajstić information content (AvgIpc) is 3.08. The van der Waals surface area contributed by atoms with Gasteiger partial charge < -0.3 is 14.0 Å². The Kier molecular flexibility index (Phi) is 6.58. The van der Waals surface area contributed by atoms with Crippen molar-refractivity contribution in [2.45, 2.75) is 115 Å². The van der Waals surface area contributed by atoms with E-state index in [0.29, 0.717) is 25.7 Å². The van der Waals surface area contributed by atoms with Crippen molar-refractivity contribution in [2.24, 2.45) is 0 Å². The van der Waals surface area contributed by atoms with Crippen LogP contribution in [0.15, 0.2) is 30.3 Å². The molecule has 4 rings (SSSR count). The summed E-state index contributed by atoms with van der Waals surface area (Å²) in [6, 6.07) is 9.87. The maximum atomic E-state index is 16.2. The number of hydrogen-bond acceptors (Lipinski definition) is 5. The van der Waals surface area contributed by atoms with Gasteiger partial charge in [-0.05, 0) is 73.2 Å². The Morgan fingerprint density at radius 3 is 2.35 bits per heavy atom. The van der Waals surface area contributed by atoms with E-state index in [1.807, 2.05) is 66.7 Å². The zero-order chi connectivity index (χ0) is 24.9. The van der Waals surface area contributed by atoms with Crippen molar-refractivity contribution in [2.75, 3.05) is 6.54 Å². The van der Waals surface area contributed by atoms with Gasteiger partial charge in [0.2, 0.25) is 5.79 Å². The lowest BCUT2D eigenvalue weighted by Crippen LogP contribution is -2.65. The maximum absolute atomic E-state index is 16.2. The van der Waals surface area contributed by atoms with Crippen LogP contribution in [0.4, 0.5) is 9.18 Å². The van der Waals surface area contributed by atoms with E-state index in [4.69, 9.17) is 14.0 Å². The molecule has 0 aliphatic carbocycles. The van der Waals surface area contributed by atoms with Crippen LogP contribution in [0.3, 0.4) is 0 Å². The molecular formula is C26H40BFN2O4. The number of ether oxygens (including phenoxy) is 1. The molecule has 1 aromatic rings. The normalized spacial score (nSPS) is 30.6. The smallest absolute Gasteiger partial charge is 0.444 e. The summed E-state index contributed by atoms with van der Waals surface area (Å²) in [6.45, 7) is 14.5. The molecule has 34 heavy (non-hydrogen) atoms. The Morgan fingerprint density at radius 2 is 1.76 bits per heavy atom. The van der Waals surface area contributed by atoms with Crippen molar-refractivity contribution in [3.05, 3.63) is 35.9 Å². The number of halogens is 1. The first-order valence-electron chi connectivity index (χ1n) is 12.6. The second kappa shape index (κ2) is 8.79. The highest BCUT2D eigenvalue weighted by Crippen LogP contribution is 2.46. The third-order valence-electron chi connectivity index (χ3n) is 7.76. The molecule has 0 radical (unpaired) electrons. The number of alkyl halides is 1. The second-order valence-corrected chi connectivity index (χ2v) is 12.1. The molecule has 3 atom stereocenters. The quantitative estimate of drug-likeness (QED) is 0.422. The number of piperazine rings is 1. The van der Waals surface area contributed by atoms with Gasteiger partial charge in [-0.1, -0.05) is 30.3 Å². The lowest BCUT2D eigenvalue weighted by molar-refractivity contribution is -0.109. The number of carbonyl (C=O) groups excluding carboxylic acids is 1. The lowest BCUT2D eigenvalue weighted by atomic mass is 9.79. The minimum atomic E-state index is -1.72. The Bertz CT molecular complexity index is 875. The van der Waals surface area contributed by atoms with Crippen LogP contribution in [0.2, 0.25) is 6.32 Å². The van der Waals surface area contributed by atoms with E-state index in [1.54, 1.807) is 0 Å². The van der Waals surface area contributed by atoms with Gasteiger partial charge in [-0.15, -0.1) is 0 Å². The van der Waals surface area contributed by atoms with Crippen molar-refractivity contribution in [1.82, 2.24) is 9.80 Å². The van der Waals surface area contributed by atoms with Crippen LogP contribution in [0.25, 0.3) is 0 Å².